The summed E-state index contributed by atoms with van der Waals surface area (Å²) in [5, 5.41) is 17.9. The molecule has 1 aliphatic heterocycles. The Labute approximate surface area is 249 Å². The van der Waals surface area contributed by atoms with Crippen LogP contribution in [-0.2, 0) is 9.59 Å². The lowest BCUT2D eigenvalue weighted by Gasteiger charge is -2.27. The Morgan fingerprint density at radius 2 is 1.88 bits per heavy atom. The summed E-state index contributed by atoms with van der Waals surface area (Å²) in [6.45, 7) is 2.37. The number of benzene rings is 3. The molecule has 1 aliphatic carbocycles. The third-order valence-electron chi connectivity index (χ3n) is 8.32. The molecule has 43 heavy (non-hydrogen) atoms. The van der Waals surface area contributed by atoms with Crippen LogP contribution in [0, 0.1) is 16.7 Å². The van der Waals surface area contributed by atoms with Gasteiger partial charge >= 0.3 is 0 Å². The van der Waals surface area contributed by atoms with E-state index in [1.54, 1.807) is 34.0 Å². The minimum atomic E-state index is -0.928. The molecule has 1 aromatic heterocycles. The molecule has 6 rings (SSSR count). The largest absolute Gasteiger partial charge is 0.484 e. The number of nitriles is 1. The van der Waals surface area contributed by atoms with Crippen LogP contribution >= 0.6 is 0 Å². The number of aromatic nitrogens is 2. The number of nitrogens with two attached hydrogens (primary N) is 1. The Kier molecular flexibility index (Phi) is 7.32. The number of hydrogen-bond donors (Lipinski definition) is 2. The van der Waals surface area contributed by atoms with Crippen LogP contribution in [0.2, 0.25) is 0 Å². The third-order valence-corrected chi connectivity index (χ3v) is 8.32. The summed E-state index contributed by atoms with van der Waals surface area (Å²) in [6.07, 6.45) is 3.69. The maximum absolute atomic E-state index is 13.2. The van der Waals surface area contributed by atoms with Gasteiger partial charge in [-0.2, -0.15) is 10.4 Å². The fourth-order valence-electron chi connectivity index (χ4n) is 5.72. The van der Waals surface area contributed by atoms with Crippen LogP contribution in [0.4, 0.5) is 0 Å². The first-order valence-electron chi connectivity index (χ1n) is 14.4. The smallest absolute Gasteiger partial charge is 0.254 e. The number of fused-ring (bicyclic) bond motifs is 1. The maximum atomic E-state index is 13.2. The van der Waals surface area contributed by atoms with Crippen molar-refractivity contribution in [1.82, 2.24) is 20.0 Å². The number of nitrogens with zero attached hydrogens (tertiary/aromatic N) is 4. The molecule has 3 amide bonds. The number of likely N-dealkylation sites (tertiary alicyclic amines) is 1. The molecular weight excluding hydrogens is 544 g/mol. The third kappa shape index (κ3) is 5.42. The molecule has 10 heteroatoms. The van der Waals surface area contributed by atoms with Crippen LogP contribution < -0.4 is 15.8 Å². The monoisotopic (exact) mass is 576 g/mol. The van der Waals surface area contributed by atoms with Crippen LogP contribution in [0.1, 0.15) is 54.6 Å². The zero-order valence-electron chi connectivity index (χ0n) is 23.8. The van der Waals surface area contributed by atoms with Gasteiger partial charge in [0.15, 0.2) is 0 Å². The van der Waals surface area contributed by atoms with Crippen LogP contribution in [0.15, 0.2) is 79.0 Å². The molecule has 4 aromatic rings. The number of hydrogen-bond acceptors (Lipinski definition) is 6. The van der Waals surface area contributed by atoms with Crippen molar-refractivity contribution in [2.75, 3.05) is 6.54 Å². The van der Waals surface area contributed by atoms with Crippen molar-refractivity contribution in [1.29, 1.82) is 5.26 Å². The van der Waals surface area contributed by atoms with Crippen molar-refractivity contribution in [2.24, 2.45) is 11.1 Å². The molecule has 0 radical (unpaired) electrons. The standard InChI is InChI=1S/C33H32N6O4/c1-21(37-32(42)33(20-34)14-15-33)29(22-7-3-2-4-8-22)43-26-12-13-27-24(18-26)19-36-39(27)25-10-5-9-23(17-25)31(41)38-16-6-11-28(38)30(35)40/h2-5,7-10,12-13,17-19,21,28-29H,6,11,14-16H2,1H3,(H2,35,40)(H,37,42)/t21-,28-,29?/m0/s1. The van der Waals surface area contributed by atoms with Gasteiger partial charge < -0.3 is 20.7 Å². The average Bonchev–Trinajstić information content (AvgIpc) is 3.47. The lowest BCUT2D eigenvalue weighted by Crippen LogP contribution is -2.43. The Bertz CT molecular complexity index is 1740. The van der Waals surface area contributed by atoms with E-state index in [-0.39, 0.29) is 11.8 Å². The zero-order chi connectivity index (χ0) is 30.1. The van der Waals surface area contributed by atoms with Crippen molar-refractivity contribution in [3.8, 4) is 17.5 Å². The highest BCUT2D eigenvalue weighted by molar-refractivity contribution is 5.98. The number of amides is 3. The highest BCUT2D eigenvalue weighted by Gasteiger charge is 2.51. The van der Waals surface area contributed by atoms with E-state index < -0.39 is 29.5 Å². The van der Waals surface area contributed by atoms with E-state index >= 15 is 0 Å². The van der Waals surface area contributed by atoms with E-state index in [0.29, 0.717) is 42.8 Å². The predicted molar refractivity (Wildman–Crippen MR) is 159 cm³/mol. The first-order chi connectivity index (χ1) is 20.8. The van der Waals surface area contributed by atoms with Gasteiger partial charge in [0.1, 0.15) is 23.3 Å². The van der Waals surface area contributed by atoms with Crippen LogP contribution in [0.3, 0.4) is 0 Å². The van der Waals surface area contributed by atoms with Gasteiger partial charge in [-0.3, -0.25) is 14.4 Å². The predicted octanol–water partition coefficient (Wildman–Crippen LogP) is 4.04. The highest BCUT2D eigenvalue weighted by Crippen LogP contribution is 2.45. The second-order valence-corrected chi connectivity index (χ2v) is 11.3. The van der Waals surface area contributed by atoms with E-state index in [0.717, 1.165) is 22.9 Å². The SMILES string of the molecule is C[C@H](NC(=O)C1(C#N)CC1)C(Oc1ccc2c(cnn2-c2cccc(C(=O)N3CCC[C@H]3C(N)=O)c2)c1)c1ccccc1. The Morgan fingerprint density at radius 1 is 1.09 bits per heavy atom. The number of nitrogens with one attached hydrogen (secondary N) is 1. The minimum absolute atomic E-state index is 0.231. The van der Waals surface area contributed by atoms with Crippen molar-refractivity contribution in [3.63, 3.8) is 0 Å². The normalized spacial score (nSPS) is 18.4. The molecule has 1 saturated carbocycles. The molecule has 0 spiro atoms. The number of carbonyl (C=O) groups is 3. The highest BCUT2D eigenvalue weighted by atomic mass is 16.5. The summed E-state index contributed by atoms with van der Waals surface area (Å²) < 4.78 is 8.22. The fraction of sp³-hybridized carbons (Fsp3) is 0.303. The summed E-state index contributed by atoms with van der Waals surface area (Å²) in [5.41, 5.74) is 7.47. The topological polar surface area (TPSA) is 143 Å². The lowest BCUT2D eigenvalue weighted by atomic mass is 10.0. The van der Waals surface area contributed by atoms with Crippen molar-refractivity contribution >= 4 is 28.6 Å². The molecular formula is C33H32N6O4. The first-order valence-corrected chi connectivity index (χ1v) is 14.4. The van der Waals surface area contributed by atoms with E-state index in [1.165, 1.54) is 0 Å². The molecule has 0 bridgehead atoms. The van der Waals surface area contributed by atoms with Crippen LogP contribution in [0.25, 0.3) is 16.6 Å². The van der Waals surface area contributed by atoms with Gasteiger partial charge in [-0.25, -0.2) is 4.68 Å². The van der Waals surface area contributed by atoms with Crippen molar-refractivity contribution < 1.29 is 19.1 Å². The molecule has 1 unspecified atom stereocenters. The van der Waals surface area contributed by atoms with Gasteiger partial charge in [-0.1, -0.05) is 36.4 Å². The maximum Gasteiger partial charge on any atom is 0.254 e. The molecule has 218 valence electrons. The quantitative estimate of drug-likeness (QED) is 0.308. The lowest BCUT2D eigenvalue weighted by molar-refractivity contribution is -0.125. The molecule has 1 saturated heterocycles. The van der Waals surface area contributed by atoms with Gasteiger partial charge in [0.05, 0.1) is 29.5 Å². The molecule has 2 fully saturated rings. The van der Waals surface area contributed by atoms with Crippen LogP contribution in [-0.4, -0.2) is 51.0 Å². The Balaban J connectivity index is 1.24. The molecule has 2 heterocycles. The second kappa shape index (κ2) is 11.2. The van der Waals surface area contributed by atoms with Gasteiger partial charge in [-0.15, -0.1) is 0 Å². The van der Waals surface area contributed by atoms with E-state index in [1.807, 2.05) is 61.5 Å². The Hall–Kier alpha value is -5.17. The van der Waals surface area contributed by atoms with E-state index in [2.05, 4.69) is 16.5 Å². The molecule has 3 atom stereocenters. The number of rotatable bonds is 9. The van der Waals surface area contributed by atoms with Gasteiger partial charge in [0, 0.05) is 17.5 Å². The fourth-order valence-corrected chi connectivity index (χ4v) is 5.72. The second-order valence-electron chi connectivity index (χ2n) is 11.3. The van der Waals surface area contributed by atoms with Gasteiger partial charge in [0.2, 0.25) is 11.8 Å². The molecule has 10 nitrogen and oxygen atoms in total. The van der Waals surface area contributed by atoms with Crippen LogP contribution in [0.5, 0.6) is 5.75 Å². The molecule has 3 N–H and O–H groups in total. The average molecular weight is 577 g/mol. The summed E-state index contributed by atoms with van der Waals surface area (Å²) in [5.74, 6) is -0.387. The molecule has 2 aliphatic rings. The van der Waals surface area contributed by atoms with Crippen molar-refractivity contribution in [3.05, 3.63) is 90.1 Å². The number of primary amides is 1. The summed E-state index contributed by atoms with van der Waals surface area (Å²) in [6, 6.07) is 23.6. The van der Waals surface area contributed by atoms with Gasteiger partial charge in [0.25, 0.3) is 5.91 Å². The van der Waals surface area contributed by atoms with Crippen molar-refractivity contribution in [2.45, 2.75) is 50.8 Å². The minimum Gasteiger partial charge on any atom is -0.484 e. The zero-order valence-corrected chi connectivity index (χ0v) is 23.8. The first kappa shape index (κ1) is 28.0. The van der Waals surface area contributed by atoms with Gasteiger partial charge in [-0.05, 0) is 74.6 Å². The summed E-state index contributed by atoms with van der Waals surface area (Å²) in [4.78, 5) is 39.4. The summed E-state index contributed by atoms with van der Waals surface area (Å²) >= 11 is 0. The number of carbonyl (C=O) groups excluding carboxylic acids is 3. The van der Waals surface area contributed by atoms with E-state index in [4.69, 9.17) is 10.5 Å². The molecule has 3 aromatic carbocycles. The Morgan fingerprint density at radius 3 is 2.60 bits per heavy atom. The summed E-state index contributed by atoms with van der Waals surface area (Å²) in [7, 11) is 0. The number of ether oxygens (including phenoxy) is 1. The van der Waals surface area contributed by atoms with E-state index in [9.17, 15) is 19.6 Å².